The molecular formula is C16H25N5O4. The molecule has 2 amide bonds. The van der Waals surface area contributed by atoms with E-state index in [9.17, 15) is 9.59 Å². The summed E-state index contributed by atoms with van der Waals surface area (Å²) in [6, 6.07) is 3.43. The van der Waals surface area contributed by atoms with Crippen molar-refractivity contribution in [3.05, 3.63) is 17.8 Å². The second-order valence-corrected chi connectivity index (χ2v) is 5.55. The highest BCUT2D eigenvalue weighted by Crippen LogP contribution is 2.13. The predicted octanol–water partition coefficient (Wildman–Crippen LogP) is 0.521. The van der Waals surface area contributed by atoms with Crippen LogP contribution < -0.4 is 10.2 Å². The SMILES string of the molecule is CCOC(=O)N1CCN(c2ccc(C(=O)NCCCOC)nn2)CC1. The maximum Gasteiger partial charge on any atom is 0.409 e. The highest BCUT2D eigenvalue weighted by molar-refractivity contribution is 5.92. The maximum atomic E-state index is 11.9. The largest absolute Gasteiger partial charge is 0.450 e. The van der Waals surface area contributed by atoms with Crippen LogP contribution in [0.4, 0.5) is 10.6 Å². The first-order valence-corrected chi connectivity index (χ1v) is 8.43. The van der Waals surface area contributed by atoms with E-state index < -0.39 is 0 Å². The van der Waals surface area contributed by atoms with Crippen LogP contribution in [-0.4, -0.2) is 80.1 Å². The zero-order valence-electron chi connectivity index (χ0n) is 14.7. The van der Waals surface area contributed by atoms with Gasteiger partial charge in [-0.25, -0.2) is 4.79 Å². The second kappa shape index (κ2) is 9.77. The van der Waals surface area contributed by atoms with Crippen LogP contribution in [0, 0.1) is 0 Å². The summed E-state index contributed by atoms with van der Waals surface area (Å²) in [7, 11) is 1.62. The number of hydrogen-bond acceptors (Lipinski definition) is 7. The number of anilines is 1. The topological polar surface area (TPSA) is 96.9 Å². The standard InChI is InChI=1S/C16H25N5O4/c1-3-25-16(23)21-10-8-20(9-11-21)14-6-5-13(18-19-14)15(22)17-7-4-12-24-2/h5-6H,3-4,7-12H2,1-2H3,(H,17,22). The lowest BCUT2D eigenvalue weighted by molar-refractivity contribution is 0.0941. The Morgan fingerprint density at radius 2 is 1.96 bits per heavy atom. The van der Waals surface area contributed by atoms with Crippen LogP contribution in [0.1, 0.15) is 23.8 Å². The molecule has 1 saturated heterocycles. The van der Waals surface area contributed by atoms with Gasteiger partial charge in [-0.1, -0.05) is 0 Å². The van der Waals surface area contributed by atoms with Crippen molar-refractivity contribution in [2.75, 3.05) is 57.9 Å². The Hall–Kier alpha value is -2.42. The Labute approximate surface area is 147 Å². The van der Waals surface area contributed by atoms with E-state index in [0.29, 0.717) is 51.8 Å². The molecule has 0 saturated carbocycles. The minimum absolute atomic E-state index is 0.248. The molecule has 0 bridgehead atoms. The first kappa shape index (κ1) is 18.9. The molecule has 0 radical (unpaired) electrons. The van der Waals surface area contributed by atoms with Crippen molar-refractivity contribution in [2.45, 2.75) is 13.3 Å². The number of ether oxygens (including phenoxy) is 2. The Balaban J connectivity index is 1.82. The van der Waals surface area contributed by atoms with E-state index in [2.05, 4.69) is 15.5 Å². The third-order valence-corrected chi connectivity index (χ3v) is 3.82. The summed E-state index contributed by atoms with van der Waals surface area (Å²) in [6.07, 6.45) is 0.465. The van der Waals surface area contributed by atoms with E-state index in [1.54, 1.807) is 31.1 Å². The summed E-state index contributed by atoms with van der Waals surface area (Å²) in [5.41, 5.74) is 0.284. The summed E-state index contributed by atoms with van der Waals surface area (Å²) in [5.74, 6) is 0.446. The number of rotatable bonds is 7. The van der Waals surface area contributed by atoms with Crippen molar-refractivity contribution in [1.82, 2.24) is 20.4 Å². The minimum Gasteiger partial charge on any atom is -0.450 e. The molecule has 9 heteroatoms. The Kier molecular flexibility index (Phi) is 7.39. The van der Waals surface area contributed by atoms with E-state index in [1.165, 1.54) is 0 Å². The number of carbonyl (C=O) groups excluding carboxylic acids is 2. The first-order valence-electron chi connectivity index (χ1n) is 8.43. The number of hydrogen-bond donors (Lipinski definition) is 1. The smallest absolute Gasteiger partial charge is 0.409 e. The van der Waals surface area contributed by atoms with Crippen LogP contribution in [0.3, 0.4) is 0 Å². The fourth-order valence-electron chi connectivity index (χ4n) is 2.46. The van der Waals surface area contributed by atoms with Gasteiger partial charge in [0.1, 0.15) is 0 Å². The number of aromatic nitrogens is 2. The minimum atomic E-state index is -0.284. The molecule has 25 heavy (non-hydrogen) atoms. The first-order chi connectivity index (χ1) is 12.2. The lowest BCUT2D eigenvalue weighted by atomic mass is 10.3. The molecule has 2 heterocycles. The van der Waals surface area contributed by atoms with Crippen molar-refractivity contribution in [1.29, 1.82) is 0 Å². The molecule has 1 aliphatic rings. The molecule has 0 unspecified atom stereocenters. The van der Waals surface area contributed by atoms with E-state index in [0.717, 1.165) is 6.42 Å². The van der Waals surface area contributed by atoms with Gasteiger partial charge in [-0.3, -0.25) is 4.79 Å². The molecule has 0 atom stereocenters. The van der Waals surface area contributed by atoms with Crippen molar-refractivity contribution >= 4 is 17.8 Å². The van der Waals surface area contributed by atoms with Crippen LogP contribution in [-0.2, 0) is 9.47 Å². The van der Waals surface area contributed by atoms with Crippen LogP contribution >= 0.6 is 0 Å². The van der Waals surface area contributed by atoms with Gasteiger partial charge >= 0.3 is 6.09 Å². The summed E-state index contributed by atoms with van der Waals surface area (Å²) >= 11 is 0. The lowest BCUT2D eigenvalue weighted by Gasteiger charge is -2.34. The third-order valence-electron chi connectivity index (χ3n) is 3.82. The van der Waals surface area contributed by atoms with Gasteiger partial charge in [0.15, 0.2) is 11.5 Å². The summed E-state index contributed by atoms with van der Waals surface area (Å²) in [4.78, 5) is 27.3. The number of nitrogens with zero attached hydrogens (tertiary/aromatic N) is 4. The van der Waals surface area contributed by atoms with Gasteiger partial charge in [-0.2, -0.15) is 0 Å². The van der Waals surface area contributed by atoms with Gasteiger partial charge in [0.25, 0.3) is 5.91 Å². The van der Waals surface area contributed by atoms with Crippen LogP contribution in [0.2, 0.25) is 0 Å². The van der Waals surface area contributed by atoms with E-state index in [1.807, 2.05) is 4.90 Å². The number of methoxy groups -OCH3 is 1. The molecule has 0 spiro atoms. The zero-order chi connectivity index (χ0) is 18.1. The zero-order valence-corrected chi connectivity index (χ0v) is 14.7. The number of carbonyl (C=O) groups is 2. The molecular weight excluding hydrogens is 326 g/mol. The molecule has 1 aliphatic heterocycles. The van der Waals surface area contributed by atoms with Crippen LogP contribution in [0.15, 0.2) is 12.1 Å². The third kappa shape index (κ3) is 5.56. The number of nitrogens with one attached hydrogen (secondary N) is 1. The monoisotopic (exact) mass is 351 g/mol. The molecule has 9 nitrogen and oxygen atoms in total. The number of piperazine rings is 1. The van der Waals surface area contributed by atoms with Crippen LogP contribution in [0.25, 0.3) is 0 Å². The molecule has 2 rings (SSSR count). The van der Waals surface area contributed by atoms with Crippen molar-refractivity contribution in [3.63, 3.8) is 0 Å². The van der Waals surface area contributed by atoms with Crippen molar-refractivity contribution < 1.29 is 19.1 Å². The second-order valence-electron chi connectivity index (χ2n) is 5.55. The quantitative estimate of drug-likeness (QED) is 0.715. The van der Waals surface area contributed by atoms with E-state index in [4.69, 9.17) is 9.47 Å². The van der Waals surface area contributed by atoms with Gasteiger partial charge in [0, 0.05) is 46.4 Å². The molecule has 138 valence electrons. The molecule has 1 fully saturated rings. The normalized spacial score (nSPS) is 14.3. The average molecular weight is 351 g/mol. The lowest BCUT2D eigenvalue weighted by Crippen LogP contribution is -2.49. The van der Waals surface area contributed by atoms with Gasteiger partial charge in [-0.15, -0.1) is 10.2 Å². The fraction of sp³-hybridized carbons (Fsp3) is 0.625. The van der Waals surface area contributed by atoms with Gasteiger partial charge in [0.05, 0.1) is 6.61 Å². The fourth-order valence-corrected chi connectivity index (χ4v) is 2.46. The molecule has 1 aromatic rings. The predicted molar refractivity (Wildman–Crippen MR) is 91.7 cm³/mol. The molecule has 1 aromatic heterocycles. The Morgan fingerprint density at radius 3 is 2.56 bits per heavy atom. The van der Waals surface area contributed by atoms with E-state index >= 15 is 0 Å². The van der Waals surface area contributed by atoms with Crippen molar-refractivity contribution in [2.24, 2.45) is 0 Å². The van der Waals surface area contributed by atoms with Crippen molar-refractivity contribution in [3.8, 4) is 0 Å². The van der Waals surface area contributed by atoms with Gasteiger partial charge in [-0.05, 0) is 25.5 Å². The van der Waals surface area contributed by atoms with E-state index in [-0.39, 0.29) is 17.7 Å². The Bertz CT molecular complexity index is 558. The molecule has 1 N–H and O–H groups in total. The van der Waals surface area contributed by atoms with Gasteiger partial charge in [0.2, 0.25) is 0 Å². The average Bonchev–Trinajstić information content (AvgIpc) is 2.65. The highest BCUT2D eigenvalue weighted by atomic mass is 16.6. The Morgan fingerprint density at radius 1 is 1.20 bits per heavy atom. The summed E-state index contributed by atoms with van der Waals surface area (Å²) in [6.45, 7) is 5.74. The van der Waals surface area contributed by atoms with Gasteiger partial charge < -0.3 is 24.6 Å². The summed E-state index contributed by atoms with van der Waals surface area (Å²) < 4.78 is 9.93. The molecule has 0 aromatic carbocycles. The number of amides is 2. The summed E-state index contributed by atoms with van der Waals surface area (Å²) in [5, 5.41) is 10.9. The highest BCUT2D eigenvalue weighted by Gasteiger charge is 2.23. The maximum absolute atomic E-state index is 11.9. The van der Waals surface area contributed by atoms with Crippen LogP contribution in [0.5, 0.6) is 0 Å². The molecule has 0 aliphatic carbocycles.